The van der Waals surface area contributed by atoms with Crippen LogP contribution in [0.25, 0.3) is 0 Å². The molecule has 0 amide bonds. The van der Waals surface area contributed by atoms with Crippen LogP contribution in [0.1, 0.15) is 6.42 Å². The molecule has 1 N–H and O–H groups in total. The third kappa shape index (κ3) is 4.40. The Kier molecular flexibility index (Phi) is 6.21. The number of ketones is 1. The summed E-state index contributed by atoms with van der Waals surface area (Å²) in [5.41, 5.74) is 0. The number of hydrogen-bond donors (Lipinski definition) is 1. The standard InChI is InChI=1S/C19H21N3O3S/c1-2-12-24-16-5-3-4-6-17(16)25-14-19(21-9-13-26-19)18(23)7-10-22-11-8-20-15-22/h1,3-6,8,11,15,21H,7,9-10,12-14H2. The molecule has 1 aliphatic rings. The summed E-state index contributed by atoms with van der Waals surface area (Å²) in [4.78, 5) is 16.2. The molecular formula is C19H21N3O3S. The van der Waals surface area contributed by atoms with E-state index < -0.39 is 4.87 Å². The van der Waals surface area contributed by atoms with Crippen molar-refractivity contribution in [3.63, 3.8) is 0 Å². The Morgan fingerprint density at radius 3 is 2.85 bits per heavy atom. The fourth-order valence-corrected chi connectivity index (χ4v) is 3.88. The molecule has 7 heteroatoms. The first-order valence-electron chi connectivity index (χ1n) is 8.40. The highest BCUT2D eigenvalue weighted by Gasteiger charge is 2.42. The van der Waals surface area contributed by atoms with Gasteiger partial charge in [-0.05, 0) is 12.1 Å². The Balaban J connectivity index is 1.65. The number of nitrogens with zero attached hydrogens (tertiary/aromatic N) is 2. The number of aryl methyl sites for hydroxylation is 1. The molecule has 0 aliphatic carbocycles. The van der Waals surface area contributed by atoms with Crippen LogP contribution in [0.15, 0.2) is 43.0 Å². The topological polar surface area (TPSA) is 65.4 Å². The quantitative estimate of drug-likeness (QED) is 0.680. The molecule has 1 aliphatic heterocycles. The van der Waals surface area contributed by atoms with Crippen molar-refractivity contribution in [2.24, 2.45) is 0 Å². The van der Waals surface area contributed by atoms with Gasteiger partial charge in [0.15, 0.2) is 22.2 Å². The molecule has 0 radical (unpaired) electrons. The molecule has 3 rings (SSSR count). The number of carbonyl (C=O) groups excluding carboxylic acids is 1. The van der Waals surface area contributed by atoms with Gasteiger partial charge in [0.05, 0.1) is 6.33 Å². The molecule has 136 valence electrons. The van der Waals surface area contributed by atoms with Crippen molar-refractivity contribution < 1.29 is 14.3 Å². The number of carbonyl (C=O) groups is 1. The monoisotopic (exact) mass is 371 g/mol. The molecule has 1 unspecified atom stereocenters. The van der Waals surface area contributed by atoms with Gasteiger partial charge in [0.25, 0.3) is 0 Å². The van der Waals surface area contributed by atoms with E-state index in [4.69, 9.17) is 15.9 Å². The number of benzene rings is 1. The summed E-state index contributed by atoms with van der Waals surface area (Å²) in [5.74, 6) is 4.59. The van der Waals surface area contributed by atoms with Crippen molar-refractivity contribution in [3.05, 3.63) is 43.0 Å². The Morgan fingerprint density at radius 1 is 1.38 bits per heavy atom. The van der Waals surface area contributed by atoms with Crippen LogP contribution in [0.4, 0.5) is 0 Å². The maximum Gasteiger partial charge on any atom is 0.168 e. The van der Waals surface area contributed by atoms with Crippen LogP contribution in [-0.4, -0.2) is 45.7 Å². The van der Waals surface area contributed by atoms with E-state index in [9.17, 15) is 4.79 Å². The van der Waals surface area contributed by atoms with Gasteiger partial charge in [-0.25, -0.2) is 4.98 Å². The second-order valence-electron chi connectivity index (χ2n) is 5.80. The summed E-state index contributed by atoms with van der Waals surface area (Å²) < 4.78 is 13.4. The molecule has 0 spiro atoms. The highest BCUT2D eigenvalue weighted by molar-refractivity contribution is 8.01. The van der Waals surface area contributed by atoms with Gasteiger partial charge in [-0.3, -0.25) is 10.1 Å². The van der Waals surface area contributed by atoms with Crippen LogP contribution >= 0.6 is 11.8 Å². The van der Waals surface area contributed by atoms with Gasteiger partial charge in [0.2, 0.25) is 0 Å². The predicted molar refractivity (Wildman–Crippen MR) is 101 cm³/mol. The lowest BCUT2D eigenvalue weighted by Gasteiger charge is -2.27. The third-order valence-corrected chi connectivity index (χ3v) is 5.45. The highest BCUT2D eigenvalue weighted by Crippen LogP contribution is 2.33. The average Bonchev–Trinajstić information content (AvgIpc) is 3.36. The third-order valence-electron chi connectivity index (χ3n) is 4.06. The predicted octanol–water partition coefficient (Wildman–Crippen LogP) is 1.97. The number of imidazole rings is 1. The normalized spacial score (nSPS) is 19.0. The van der Waals surface area contributed by atoms with E-state index in [1.165, 1.54) is 0 Å². The zero-order chi connectivity index (χ0) is 18.2. The smallest absolute Gasteiger partial charge is 0.168 e. The lowest BCUT2D eigenvalue weighted by atomic mass is 10.1. The number of Topliss-reactive ketones (excluding diaryl/α,β-unsaturated/α-hetero) is 1. The number of nitrogens with one attached hydrogen (secondary N) is 1. The van der Waals surface area contributed by atoms with E-state index in [1.807, 2.05) is 29.0 Å². The molecule has 6 nitrogen and oxygen atoms in total. The van der Waals surface area contributed by atoms with E-state index >= 15 is 0 Å². The van der Waals surface area contributed by atoms with Crippen LogP contribution < -0.4 is 14.8 Å². The largest absolute Gasteiger partial charge is 0.486 e. The van der Waals surface area contributed by atoms with Crippen LogP contribution in [0.5, 0.6) is 11.5 Å². The first-order chi connectivity index (χ1) is 12.7. The molecule has 0 saturated carbocycles. The number of terminal acetylenes is 1. The molecule has 2 heterocycles. The minimum Gasteiger partial charge on any atom is -0.486 e. The van der Waals surface area contributed by atoms with Crippen molar-refractivity contribution in [2.75, 3.05) is 25.5 Å². The zero-order valence-corrected chi connectivity index (χ0v) is 15.2. The summed E-state index contributed by atoms with van der Waals surface area (Å²) in [6, 6.07) is 7.33. The SMILES string of the molecule is C#CCOc1ccccc1OCC1(C(=O)CCn2ccnc2)NCCS1. The van der Waals surface area contributed by atoms with Gasteiger partial charge in [-0.15, -0.1) is 18.2 Å². The van der Waals surface area contributed by atoms with E-state index in [0.717, 1.165) is 12.3 Å². The number of rotatable bonds is 9. The summed E-state index contributed by atoms with van der Waals surface area (Å²) in [6.07, 6.45) is 10.9. The minimum atomic E-state index is -0.736. The summed E-state index contributed by atoms with van der Waals surface area (Å²) in [6.45, 7) is 1.78. The number of thioether (sulfide) groups is 1. The number of aromatic nitrogens is 2. The lowest BCUT2D eigenvalue weighted by Crippen LogP contribution is -2.50. The Morgan fingerprint density at radius 2 is 2.19 bits per heavy atom. The lowest BCUT2D eigenvalue weighted by molar-refractivity contribution is -0.123. The van der Waals surface area contributed by atoms with Crippen molar-refractivity contribution in [1.29, 1.82) is 0 Å². The molecule has 1 saturated heterocycles. The highest BCUT2D eigenvalue weighted by atomic mass is 32.2. The molecule has 1 aromatic carbocycles. The second-order valence-corrected chi connectivity index (χ2v) is 7.20. The number of hydrogen-bond acceptors (Lipinski definition) is 6. The van der Waals surface area contributed by atoms with Crippen molar-refractivity contribution in [1.82, 2.24) is 14.9 Å². The molecule has 26 heavy (non-hydrogen) atoms. The Hall–Kier alpha value is -2.43. The van der Waals surface area contributed by atoms with Crippen LogP contribution in [-0.2, 0) is 11.3 Å². The van der Waals surface area contributed by atoms with Crippen molar-refractivity contribution >= 4 is 17.5 Å². The number of ether oxygens (including phenoxy) is 2. The molecule has 1 fully saturated rings. The van der Waals surface area contributed by atoms with Gasteiger partial charge >= 0.3 is 0 Å². The first kappa shape index (κ1) is 18.4. The second kappa shape index (κ2) is 8.79. The molecule has 1 aromatic heterocycles. The van der Waals surface area contributed by atoms with E-state index in [2.05, 4.69) is 16.2 Å². The Bertz CT molecular complexity index is 765. The maximum absolute atomic E-state index is 12.9. The summed E-state index contributed by atoms with van der Waals surface area (Å²) >= 11 is 1.59. The minimum absolute atomic E-state index is 0.121. The average molecular weight is 371 g/mol. The molecule has 0 bridgehead atoms. The molecule has 2 aromatic rings. The van der Waals surface area contributed by atoms with Gasteiger partial charge in [-0.1, -0.05) is 18.1 Å². The summed E-state index contributed by atoms with van der Waals surface area (Å²) in [7, 11) is 0. The Labute approximate surface area is 157 Å². The van der Waals surface area contributed by atoms with E-state index in [-0.39, 0.29) is 19.0 Å². The summed E-state index contributed by atoms with van der Waals surface area (Å²) in [5, 5.41) is 3.32. The van der Waals surface area contributed by atoms with Crippen molar-refractivity contribution in [3.8, 4) is 23.8 Å². The van der Waals surface area contributed by atoms with Gasteiger partial charge < -0.3 is 14.0 Å². The van der Waals surface area contributed by atoms with Crippen LogP contribution in [0.2, 0.25) is 0 Å². The fraction of sp³-hybridized carbons (Fsp3) is 0.368. The van der Waals surface area contributed by atoms with Gasteiger partial charge in [-0.2, -0.15) is 0 Å². The number of para-hydroxylation sites is 2. The van der Waals surface area contributed by atoms with E-state index in [1.54, 1.807) is 30.4 Å². The maximum atomic E-state index is 12.9. The van der Waals surface area contributed by atoms with Crippen LogP contribution in [0.3, 0.4) is 0 Å². The van der Waals surface area contributed by atoms with Crippen molar-refractivity contribution in [2.45, 2.75) is 17.8 Å². The first-order valence-corrected chi connectivity index (χ1v) is 9.38. The molecular weight excluding hydrogens is 350 g/mol. The van der Waals surface area contributed by atoms with Gasteiger partial charge in [0.1, 0.15) is 13.2 Å². The zero-order valence-electron chi connectivity index (χ0n) is 14.4. The molecule has 1 atom stereocenters. The van der Waals surface area contributed by atoms with Gasteiger partial charge in [0, 0.05) is 37.7 Å². The van der Waals surface area contributed by atoms with E-state index in [0.29, 0.717) is 24.5 Å². The fourth-order valence-electron chi connectivity index (χ4n) is 2.72. The van der Waals surface area contributed by atoms with Crippen LogP contribution in [0, 0.1) is 12.3 Å².